The van der Waals surface area contributed by atoms with E-state index in [4.69, 9.17) is 14.9 Å². The summed E-state index contributed by atoms with van der Waals surface area (Å²) in [5, 5.41) is 2.75. The van der Waals surface area contributed by atoms with Crippen LogP contribution >= 0.6 is 0 Å². The van der Waals surface area contributed by atoms with E-state index < -0.39 is 0 Å². The fourth-order valence-electron chi connectivity index (χ4n) is 1.73. The first-order valence-corrected chi connectivity index (χ1v) is 5.75. The first-order valence-electron chi connectivity index (χ1n) is 5.75. The number of nitrogens with two attached hydrogens (primary N) is 1. The third-order valence-electron chi connectivity index (χ3n) is 2.83. The Kier molecular flexibility index (Phi) is 3.75. The van der Waals surface area contributed by atoms with E-state index in [2.05, 4.69) is 10.3 Å². The van der Waals surface area contributed by atoms with Crippen molar-refractivity contribution < 1.29 is 13.9 Å². The molecule has 3 N–H and O–H groups in total. The lowest BCUT2D eigenvalue weighted by molar-refractivity contribution is -0.125. The van der Waals surface area contributed by atoms with Crippen LogP contribution in [0.3, 0.4) is 0 Å². The van der Waals surface area contributed by atoms with Gasteiger partial charge in [-0.3, -0.25) is 4.79 Å². The molecule has 0 bridgehead atoms. The van der Waals surface area contributed by atoms with Gasteiger partial charge in [-0.2, -0.15) is 0 Å². The Morgan fingerprint density at radius 1 is 1.65 bits per heavy atom. The van der Waals surface area contributed by atoms with E-state index in [0.29, 0.717) is 25.6 Å². The van der Waals surface area contributed by atoms with Gasteiger partial charge in [0.1, 0.15) is 5.76 Å². The van der Waals surface area contributed by atoms with Crippen molar-refractivity contribution in [3.05, 3.63) is 17.8 Å². The molecule has 2 rings (SSSR count). The van der Waals surface area contributed by atoms with E-state index in [-0.39, 0.29) is 17.9 Å². The molecule has 1 aliphatic rings. The summed E-state index contributed by atoms with van der Waals surface area (Å²) >= 11 is 0. The van der Waals surface area contributed by atoms with Crippen molar-refractivity contribution in [2.24, 2.45) is 11.7 Å². The first kappa shape index (κ1) is 12.1. The molecule has 94 valence electrons. The van der Waals surface area contributed by atoms with E-state index in [9.17, 15) is 4.79 Å². The average Bonchev–Trinajstić information content (AvgIpc) is 2.94. The third-order valence-corrected chi connectivity index (χ3v) is 2.83. The number of nitrogens with zero attached hydrogens (tertiary/aromatic N) is 1. The number of hydrogen-bond donors (Lipinski definition) is 2. The Balaban J connectivity index is 1.83. The van der Waals surface area contributed by atoms with Crippen molar-refractivity contribution in [3.63, 3.8) is 0 Å². The van der Waals surface area contributed by atoms with E-state index in [1.54, 1.807) is 6.20 Å². The topological polar surface area (TPSA) is 90.4 Å². The Hall–Kier alpha value is -1.40. The zero-order valence-corrected chi connectivity index (χ0v) is 9.81. The number of hydrogen-bond acceptors (Lipinski definition) is 5. The molecule has 0 spiro atoms. The normalized spacial score (nSPS) is 23.9. The molecule has 0 aliphatic carbocycles. The van der Waals surface area contributed by atoms with Gasteiger partial charge in [-0.05, 0) is 0 Å². The fourth-order valence-corrected chi connectivity index (χ4v) is 1.73. The number of aromatic nitrogens is 1. The molecule has 6 nitrogen and oxygen atoms in total. The number of nitrogens with one attached hydrogen (secondary N) is 1. The van der Waals surface area contributed by atoms with Crippen molar-refractivity contribution in [2.45, 2.75) is 25.9 Å². The highest BCUT2D eigenvalue weighted by molar-refractivity contribution is 5.79. The highest BCUT2D eigenvalue weighted by Crippen LogP contribution is 2.12. The van der Waals surface area contributed by atoms with Crippen LogP contribution in [0.4, 0.5) is 0 Å². The standard InChI is InChI=1S/C11H17N3O3/c1-2-7-3-13-10(17-7)4-14-11(15)8-5-16-6-9(8)12/h3,8-9H,2,4-6,12H2,1H3,(H,14,15). The summed E-state index contributed by atoms with van der Waals surface area (Å²) in [6.45, 7) is 3.11. The fraction of sp³-hybridized carbons (Fsp3) is 0.636. The molecular weight excluding hydrogens is 222 g/mol. The molecular formula is C11H17N3O3. The molecule has 1 aliphatic heterocycles. The second kappa shape index (κ2) is 5.29. The molecule has 0 radical (unpaired) electrons. The molecule has 0 aromatic carbocycles. The zero-order chi connectivity index (χ0) is 12.3. The van der Waals surface area contributed by atoms with Crippen LogP contribution in [0.25, 0.3) is 0 Å². The summed E-state index contributed by atoms with van der Waals surface area (Å²) < 4.78 is 10.5. The monoisotopic (exact) mass is 239 g/mol. The van der Waals surface area contributed by atoms with Gasteiger partial charge in [0.25, 0.3) is 0 Å². The summed E-state index contributed by atoms with van der Waals surface area (Å²) in [5.74, 6) is 0.958. The minimum Gasteiger partial charge on any atom is -0.444 e. The van der Waals surface area contributed by atoms with Crippen LogP contribution in [0.2, 0.25) is 0 Å². The molecule has 1 amide bonds. The van der Waals surface area contributed by atoms with Crippen molar-refractivity contribution >= 4 is 5.91 Å². The van der Waals surface area contributed by atoms with Gasteiger partial charge < -0.3 is 20.2 Å². The highest BCUT2D eigenvalue weighted by Gasteiger charge is 2.31. The van der Waals surface area contributed by atoms with Crippen LogP contribution in [0.15, 0.2) is 10.6 Å². The Labute approximate surface area is 99.5 Å². The summed E-state index contributed by atoms with van der Waals surface area (Å²) in [6, 6.07) is -0.217. The third kappa shape index (κ3) is 2.83. The number of carbonyl (C=O) groups excluding carboxylic acids is 1. The van der Waals surface area contributed by atoms with E-state index in [1.165, 1.54) is 0 Å². The van der Waals surface area contributed by atoms with Crippen LogP contribution in [-0.2, 0) is 22.5 Å². The van der Waals surface area contributed by atoms with Gasteiger partial charge in [-0.25, -0.2) is 4.98 Å². The van der Waals surface area contributed by atoms with Crippen LogP contribution < -0.4 is 11.1 Å². The lowest BCUT2D eigenvalue weighted by atomic mass is 10.0. The lowest BCUT2D eigenvalue weighted by Gasteiger charge is -2.12. The van der Waals surface area contributed by atoms with Crippen LogP contribution in [0, 0.1) is 5.92 Å². The predicted molar refractivity (Wildman–Crippen MR) is 60.0 cm³/mol. The van der Waals surface area contributed by atoms with Gasteiger partial charge in [0, 0.05) is 12.5 Å². The van der Waals surface area contributed by atoms with Gasteiger partial charge in [0.15, 0.2) is 0 Å². The predicted octanol–water partition coefficient (Wildman–Crippen LogP) is -0.173. The first-order chi connectivity index (χ1) is 8.20. The minimum atomic E-state index is -0.268. The number of ether oxygens (including phenoxy) is 1. The van der Waals surface area contributed by atoms with Crippen molar-refractivity contribution in [1.29, 1.82) is 0 Å². The SMILES string of the molecule is CCc1cnc(CNC(=O)C2COCC2N)o1. The maximum atomic E-state index is 11.8. The van der Waals surface area contributed by atoms with Crippen LogP contribution in [0.1, 0.15) is 18.6 Å². The zero-order valence-electron chi connectivity index (χ0n) is 9.81. The molecule has 0 saturated carbocycles. The second-order valence-electron chi connectivity index (χ2n) is 4.10. The molecule has 1 fully saturated rings. The summed E-state index contributed by atoms with van der Waals surface area (Å²) in [4.78, 5) is 15.8. The van der Waals surface area contributed by atoms with Gasteiger partial charge >= 0.3 is 0 Å². The summed E-state index contributed by atoms with van der Waals surface area (Å²) in [7, 11) is 0. The molecule has 6 heteroatoms. The Morgan fingerprint density at radius 2 is 2.47 bits per heavy atom. The van der Waals surface area contributed by atoms with Gasteiger partial charge in [0.05, 0.1) is 31.9 Å². The molecule has 1 aromatic heterocycles. The maximum absolute atomic E-state index is 11.8. The summed E-state index contributed by atoms with van der Waals surface area (Å²) in [5.41, 5.74) is 5.75. The quantitative estimate of drug-likeness (QED) is 0.761. The second-order valence-corrected chi connectivity index (χ2v) is 4.10. The van der Waals surface area contributed by atoms with E-state index >= 15 is 0 Å². The molecule has 1 saturated heterocycles. The number of carbonyl (C=O) groups is 1. The van der Waals surface area contributed by atoms with Gasteiger partial charge in [-0.1, -0.05) is 6.92 Å². The van der Waals surface area contributed by atoms with Crippen LogP contribution in [0.5, 0.6) is 0 Å². The highest BCUT2D eigenvalue weighted by atomic mass is 16.5. The molecule has 2 atom stereocenters. The Morgan fingerprint density at radius 3 is 3.06 bits per heavy atom. The van der Waals surface area contributed by atoms with Crippen LogP contribution in [-0.4, -0.2) is 30.1 Å². The number of aryl methyl sites for hydroxylation is 1. The van der Waals surface area contributed by atoms with E-state index in [1.807, 2.05) is 6.92 Å². The Bertz CT molecular complexity index is 391. The van der Waals surface area contributed by atoms with Crippen molar-refractivity contribution in [1.82, 2.24) is 10.3 Å². The number of rotatable bonds is 4. The number of oxazole rings is 1. The summed E-state index contributed by atoms with van der Waals surface area (Å²) in [6.07, 6.45) is 2.47. The maximum Gasteiger partial charge on any atom is 0.227 e. The minimum absolute atomic E-state index is 0.105. The van der Waals surface area contributed by atoms with Gasteiger partial charge in [0.2, 0.25) is 11.8 Å². The molecule has 17 heavy (non-hydrogen) atoms. The molecule has 2 unspecified atom stereocenters. The molecule has 1 aromatic rings. The average molecular weight is 239 g/mol. The lowest BCUT2D eigenvalue weighted by Crippen LogP contribution is -2.40. The smallest absolute Gasteiger partial charge is 0.227 e. The van der Waals surface area contributed by atoms with Gasteiger partial charge in [-0.15, -0.1) is 0 Å². The largest absolute Gasteiger partial charge is 0.444 e. The van der Waals surface area contributed by atoms with Crippen molar-refractivity contribution in [3.8, 4) is 0 Å². The number of amides is 1. The van der Waals surface area contributed by atoms with Crippen molar-refractivity contribution in [2.75, 3.05) is 13.2 Å². The molecule has 2 heterocycles. The van der Waals surface area contributed by atoms with E-state index in [0.717, 1.165) is 12.2 Å².